The van der Waals surface area contributed by atoms with Crippen molar-refractivity contribution < 1.29 is 17.7 Å². The average molecular weight is 352 g/mol. The summed E-state index contributed by atoms with van der Waals surface area (Å²) >= 11 is 0. The van der Waals surface area contributed by atoms with Crippen molar-refractivity contribution in [3.8, 4) is 0 Å². The van der Waals surface area contributed by atoms with Crippen LogP contribution in [-0.2, 0) is 21.4 Å². The standard InChI is InChI=1S/C15H20N4O4S/c1-10-14(11(2)23-18-10)8-19(3)9-15(20)17-12-4-6-13(7-5-12)24(16,21)22/h4-7H,8-9H2,1-3H3,(H,17,20)(H2,16,21,22). The number of hydrogen-bond acceptors (Lipinski definition) is 6. The van der Waals surface area contributed by atoms with E-state index in [0.29, 0.717) is 12.2 Å². The van der Waals surface area contributed by atoms with E-state index in [-0.39, 0.29) is 17.3 Å². The Balaban J connectivity index is 1.93. The molecule has 9 heteroatoms. The number of nitrogens with two attached hydrogens (primary N) is 1. The van der Waals surface area contributed by atoms with Crippen molar-refractivity contribution in [2.45, 2.75) is 25.3 Å². The number of anilines is 1. The molecule has 0 saturated carbocycles. The van der Waals surface area contributed by atoms with Crippen LogP contribution in [0, 0.1) is 13.8 Å². The molecule has 1 amide bonds. The van der Waals surface area contributed by atoms with Crippen molar-refractivity contribution in [1.29, 1.82) is 0 Å². The normalized spacial score (nSPS) is 11.7. The molecule has 130 valence electrons. The summed E-state index contributed by atoms with van der Waals surface area (Å²) in [6.07, 6.45) is 0. The molecule has 2 rings (SSSR count). The molecule has 0 bridgehead atoms. The number of primary sulfonamides is 1. The first-order valence-corrected chi connectivity index (χ1v) is 8.74. The molecule has 0 radical (unpaired) electrons. The summed E-state index contributed by atoms with van der Waals surface area (Å²) in [6, 6.07) is 5.68. The first-order valence-electron chi connectivity index (χ1n) is 7.20. The Morgan fingerprint density at radius 1 is 1.29 bits per heavy atom. The zero-order valence-corrected chi connectivity index (χ0v) is 14.6. The molecule has 0 atom stereocenters. The van der Waals surface area contributed by atoms with E-state index in [9.17, 15) is 13.2 Å². The number of carbonyl (C=O) groups excluding carboxylic acids is 1. The zero-order valence-electron chi connectivity index (χ0n) is 13.7. The van der Waals surface area contributed by atoms with Gasteiger partial charge in [-0.2, -0.15) is 0 Å². The van der Waals surface area contributed by atoms with E-state index >= 15 is 0 Å². The van der Waals surface area contributed by atoms with Gasteiger partial charge in [0.1, 0.15) is 5.76 Å². The van der Waals surface area contributed by atoms with Gasteiger partial charge in [-0.25, -0.2) is 13.6 Å². The molecule has 8 nitrogen and oxygen atoms in total. The Morgan fingerprint density at radius 3 is 2.42 bits per heavy atom. The van der Waals surface area contributed by atoms with Gasteiger partial charge >= 0.3 is 0 Å². The maximum atomic E-state index is 12.1. The molecular formula is C15H20N4O4S. The SMILES string of the molecule is Cc1noc(C)c1CN(C)CC(=O)Nc1ccc(S(N)(=O)=O)cc1. The highest BCUT2D eigenvalue weighted by Gasteiger charge is 2.14. The molecule has 24 heavy (non-hydrogen) atoms. The van der Waals surface area contributed by atoms with Gasteiger partial charge in [-0.15, -0.1) is 0 Å². The number of sulfonamides is 1. The number of nitrogens with zero attached hydrogens (tertiary/aromatic N) is 2. The van der Waals surface area contributed by atoms with Gasteiger partial charge in [0.25, 0.3) is 0 Å². The molecule has 3 N–H and O–H groups in total. The second kappa shape index (κ2) is 7.12. The van der Waals surface area contributed by atoms with Gasteiger partial charge in [0, 0.05) is 17.8 Å². The van der Waals surface area contributed by atoms with Crippen molar-refractivity contribution in [3.63, 3.8) is 0 Å². The third-order valence-corrected chi connectivity index (χ3v) is 4.42. The monoisotopic (exact) mass is 352 g/mol. The lowest BCUT2D eigenvalue weighted by Crippen LogP contribution is -2.30. The van der Waals surface area contributed by atoms with Gasteiger partial charge in [-0.1, -0.05) is 5.16 Å². The molecule has 0 aliphatic heterocycles. The van der Waals surface area contributed by atoms with Crippen LogP contribution in [-0.4, -0.2) is 38.0 Å². The van der Waals surface area contributed by atoms with Crippen molar-refractivity contribution >= 4 is 21.6 Å². The fraction of sp³-hybridized carbons (Fsp3) is 0.333. The molecular weight excluding hydrogens is 332 g/mol. The van der Waals surface area contributed by atoms with Gasteiger partial charge in [-0.05, 0) is 45.2 Å². The predicted octanol–water partition coefficient (Wildman–Crippen LogP) is 1.01. The van der Waals surface area contributed by atoms with E-state index in [1.807, 2.05) is 25.8 Å². The second-order valence-electron chi connectivity index (χ2n) is 5.59. The summed E-state index contributed by atoms with van der Waals surface area (Å²) in [5.74, 6) is 0.519. The lowest BCUT2D eigenvalue weighted by molar-refractivity contribution is -0.117. The number of hydrogen-bond donors (Lipinski definition) is 2. The number of rotatable bonds is 6. The molecule has 0 aliphatic rings. The lowest BCUT2D eigenvalue weighted by atomic mass is 10.2. The van der Waals surface area contributed by atoms with Crippen molar-refractivity contribution in [1.82, 2.24) is 10.1 Å². The number of benzene rings is 1. The summed E-state index contributed by atoms with van der Waals surface area (Å²) < 4.78 is 27.5. The smallest absolute Gasteiger partial charge is 0.238 e. The third kappa shape index (κ3) is 4.63. The number of aromatic nitrogens is 1. The van der Waals surface area contributed by atoms with Crippen LogP contribution in [0.2, 0.25) is 0 Å². The third-order valence-electron chi connectivity index (χ3n) is 3.49. The van der Waals surface area contributed by atoms with Crippen LogP contribution in [0.5, 0.6) is 0 Å². The van der Waals surface area contributed by atoms with Crippen LogP contribution in [0.25, 0.3) is 0 Å². The van der Waals surface area contributed by atoms with Crippen molar-refractivity contribution in [3.05, 3.63) is 41.3 Å². The van der Waals surface area contributed by atoms with E-state index in [0.717, 1.165) is 17.0 Å². The van der Waals surface area contributed by atoms with Crippen LogP contribution in [0.1, 0.15) is 17.0 Å². The topological polar surface area (TPSA) is 119 Å². The van der Waals surface area contributed by atoms with Gasteiger partial charge < -0.3 is 9.84 Å². The first-order chi connectivity index (χ1) is 11.2. The first kappa shape index (κ1) is 18.1. The number of aryl methyl sites for hydroxylation is 2. The lowest BCUT2D eigenvalue weighted by Gasteiger charge is -2.16. The maximum Gasteiger partial charge on any atom is 0.238 e. The van der Waals surface area contributed by atoms with Crippen LogP contribution in [0.4, 0.5) is 5.69 Å². The van der Waals surface area contributed by atoms with Crippen LogP contribution in [0.15, 0.2) is 33.7 Å². The largest absolute Gasteiger partial charge is 0.361 e. The van der Waals surface area contributed by atoms with Gasteiger partial charge in [-0.3, -0.25) is 9.69 Å². The summed E-state index contributed by atoms with van der Waals surface area (Å²) in [5.41, 5.74) is 2.26. The summed E-state index contributed by atoms with van der Waals surface area (Å²) in [7, 11) is -1.93. The predicted molar refractivity (Wildman–Crippen MR) is 88.8 cm³/mol. The van der Waals surface area contributed by atoms with Gasteiger partial charge in [0.2, 0.25) is 15.9 Å². The quantitative estimate of drug-likeness (QED) is 0.801. The summed E-state index contributed by atoms with van der Waals surface area (Å²) in [6.45, 7) is 4.39. The fourth-order valence-electron chi connectivity index (χ4n) is 2.23. The summed E-state index contributed by atoms with van der Waals surface area (Å²) in [5, 5.41) is 11.6. The molecule has 2 aromatic rings. The molecule has 1 aromatic carbocycles. The number of amides is 1. The fourth-order valence-corrected chi connectivity index (χ4v) is 2.74. The molecule has 0 unspecified atom stereocenters. The minimum absolute atomic E-state index is 0.00368. The number of carbonyl (C=O) groups is 1. The Bertz CT molecular complexity index is 808. The molecule has 0 aliphatic carbocycles. The van der Waals surface area contributed by atoms with Crippen molar-refractivity contribution in [2.24, 2.45) is 5.14 Å². The highest BCUT2D eigenvalue weighted by molar-refractivity contribution is 7.89. The second-order valence-corrected chi connectivity index (χ2v) is 7.15. The number of nitrogens with one attached hydrogen (secondary N) is 1. The minimum atomic E-state index is -3.74. The van der Waals surface area contributed by atoms with E-state index in [1.165, 1.54) is 24.3 Å². The van der Waals surface area contributed by atoms with Crippen LogP contribution in [0.3, 0.4) is 0 Å². The van der Waals surface area contributed by atoms with E-state index < -0.39 is 10.0 Å². The zero-order chi connectivity index (χ0) is 17.9. The minimum Gasteiger partial charge on any atom is -0.361 e. The van der Waals surface area contributed by atoms with Gasteiger partial charge in [0.15, 0.2) is 0 Å². The molecule has 1 heterocycles. The molecule has 0 spiro atoms. The molecule has 1 aromatic heterocycles. The Kier molecular flexibility index (Phi) is 5.37. The van der Waals surface area contributed by atoms with Crippen molar-refractivity contribution in [2.75, 3.05) is 18.9 Å². The van der Waals surface area contributed by atoms with Gasteiger partial charge in [0.05, 0.1) is 17.1 Å². The highest BCUT2D eigenvalue weighted by atomic mass is 32.2. The van der Waals surface area contributed by atoms with E-state index in [4.69, 9.17) is 9.66 Å². The van der Waals surface area contributed by atoms with Crippen LogP contribution >= 0.6 is 0 Å². The molecule has 0 saturated heterocycles. The molecule has 0 fully saturated rings. The summed E-state index contributed by atoms with van der Waals surface area (Å²) in [4.78, 5) is 13.9. The Hall–Kier alpha value is -2.23. The maximum absolute atomic E-state index is 12.1. The Labute approximate surface area is 140 Å². The average Bonchev–Trinajstić information content (AvgIpc) is 2.78. The van der Waals surface area contributed by atoms with Crippen LogP contribution < -0.4 is 10.5 Å². The Morgan fingerprint density at radius 2 is 1.92 bits per heavy atom. The highest BCUT2D eigenvalue weighted by Crippen LogP contribution is 2.15. The van der Waals surface area contributed by atoms with E-state index in [2.05, 4.69) is 10.5 Å². The number of likely N-dealkylation sites (N-methyl/N-ethyl adjacent to an activating group) is 1. The van der Waals surface area contributed by atoms with E-state index in [1.54, 1.807) is 0 Å².